The van der Waals surface area contributed by atoms with E-state index in [1.807, 2.05) is 24.3 Å². The number of imidazole rings is 1. The van der Waals surface area contributed by atoms with Crippen LogP contribution in [0.25, 0.3) is 16.0 Å². The lowest BCUT2D eigenvalue weighted by Crippen LogP contribution is -2.08. The largest absolute Gasteiger partial charge is 0.445 e. The zero-order chi connectivity index (χ0) is 15.3. The van der Waals surface area contributed by atoms with E-state index in [4.69, 9.17) is 0 Å². The molecule has 0 spiro atoms. The maximum Gasteiger partial charge on any atom is 0.445 e. The Bertz CT molecular complexity index is 966. The SMILES string of the molecule is FC(F)(F)c1nn2c(Cn3cnc4ccccc43)nnc2s1. The Morgan fingerprint density at radius 1 is 1.14 bits per heavy atom. The number of rotatable bonds is 2. The summed E-state index contributed by atoms with van der Waals surface area (Å²) < 4.78 is 41.0. The van der Waals surface area contributed by atoms with Gasteiger partial charge in [0.2, 0.25) is 9.97 Å². The van der Waals surface area contributed by atoms with Crippen LogP contribution in [0.5, 0.6) is 0 Å². The fraction of sp³-hybridized carbons (Fsp3) is 0.167. The van der Waals surface area contributed by atoms with E-state index in [0.29, 0.717) is 17.2 Å². The van der Waals surface area contributed by atoms with Crippen molar-refractivity contribution in [3.63, 3.8) is 0 Å². The second kappa shape index (κ2) is 4.50. The molecule has 0 aliphatic heterocycles. The molecule has 0 aliphatic carbocycles. The van der Waals surface area contributed by atoms with Gasteiger partial charge in [-0.15, -0.1) is 15.3 Å². The van der Waals surface area contributed by atoms with Gasteiger partial charge in [-0.25, -0.2) is 4.98 Å². The molecule has 22 heavy (non-hydrogen) atoms. The van der Waals surface area contributed by atoms with Gasteiger partial charge in [-0.3, -0.25) is 0 Å². The molecule has 112 valence electrons. The standard InChI is InChI=1S/C12H7F3N6S/c13-12(14,15)10-19-21-9(17-18-11(21)22-10)5-20-6-16-7-3-1-2-4-8(7)20/h1-4,6H,5H2. The highest BCUT2D eigenvalue weighted by atomic mass is 32.1. The highest BCUT2D eigenvalue weighted by Crippen LogP contribution is 2.32. The first-order chi connectivity index (χ1) is 10.5. The van der Waals surface area contributed by atoms with Gasteiger partial charge in [-0.2, -0.15) is 17.7 Å². The molecule has 0 unspecified atom stereocenters. The molecule has 3 aromatic heterocycles. The third-order valence-corrected chi connectivity index (χ3v) is 4.08. The fourth-order valence-electron chi connectivity index (χ4n) is 2.16. The van der Waals surface area contributed by atoms with Crippen LogP contribution in [0.15, 0.2) is 30.6 Å². The number of halogens is 3. The van der Waals surface area contributed by atoms with Crippen LogP contribution in [-0.2, 0) is 12.7 Å². The highest BCUT2D eigenvalue weighted by molar-refractivity contribution is 7.16. The smallest absolute Gasteiger partial charge is 0.323 e. The molecule has 0 fully saturated rings. The van der Waals surface area contributed by atoms with Crippen molar-refractivity contribution in [3.05, 3.63) is 41.4 Å². The van der Waals surface area contributed by atoms with Crippen LogP contribution >= 0.6 is 11.3 Å². The first kappa shape index (κ1) is 13.2. The van der Waals surface area contributed by atoms with E-state index < -0.39 is 11.2 Å². The Morgan fingerprint density at radius 2 is 1.95 bits per heavy atom. The van der Waals surface area contributed by atoms with Gasteiger partial charge in [0, 0.05) is 0 Å². The monoisotopic (exact) mass is 324 g/mol. The van der Waals surface area contributed by atoms with E-state index in [9.17, 15) is 13.2 Å². The van der Waals surface area contributed by atoms with Crippen LogP contribution in [0.2, 0.25) is 0 Å². The minimum absolute atomic E-state index is 0.117. The van der Waals surface area contributed by atoms with Gasteiger partial charge < -0.3 is 4.57 Å². The minimum atomic E-state index is -4.48. The Balaban J connectivity index is 1.77. The topological polar surface area (TPSA) is 60.9 Å². The molecule has 0 N–H and O–H groups in total. The first-order valence-electron chi connectivity index (χ1n) is 6.20. The van der Waals surface area contributed by atoms with E-state index >= 15 is 0 Å². The normalized spacial score (nSPS) is 12.5. The fourth-order valence-corrected chi connectivity index (χ4v) is 2.88. The average Bonchev–Trinajstić information content (AvgIpc) is 3.15. The number of hydrogen-bond acceptors (Lipinski definition) is 5. The summed E-state index contributed by atoms with van der Waals surface area (Å²) in [5.41, 5.74) is 1.67. The lowest BCUT2D eigenvalue weighted by molar-refractivity contribution is -0.138. The van der Waals surface area contributed by atoms with Gasteiger partial charge in [-0.05, 0) is 12.1 Å². The van der Waals surface area contributed by atoms with Crippen molar-refractivity contribution in [2.75, 3.05) is 0 Å². The summed E-state index contributed by atoms with van der Waals surface area (Å²) in [4.78, 5) is 4.35. The van der Waals surface area contributed by atoms with E-state index in [0.717, 1.165) is 15.5 Å². The van der Waals surface area contributed by atoms with Crippen molar-refractivity contribution in [1.29, 1.82) is 0 Å². The van der Waals surface area contributed by atoms with Crippen molar-refractivity contribution in [2.45, 2.75) is 12.7 Å². The summed E-state index contributed by atoms with van der Waals surface area (Å²) in [5.74, 6) is 0.324. The van der Waals surface area contributed by atoms with Gasteiger partial charge >= 0.3 is 6.18 Å². The first-order valence-corrected chi connectivity index (χ1v) is 7.02. The van der Waals surface area contributed by atoms with Crippen molar-refractivity contribution in [1.82, 2.24) is 29.4 Å². The number of para-hydroxylation sites is 2. The number of hydrogen-bond donors (Lipinski definition) is 0. The summed E-state index contributed by atoms with van der Waals surface area (Å²) in [5, 5.41) is 10.3. The molecule has 4 aromatic rings. The maximum atomic E-state index is 12.7. The van der Waals surface area contributed by atoms with Crippen LogP contribution in [0.3, 0.4) is 0 Å². The summed E-state index contributed by atoms with van der Waals surface area (Å²) in [6.45, 7) is 0.239. The second-order valence-electron chi connectivity index (χ2n) is 4.58. The zero-order valence-electron chi connectivity index (χ0n) is 10.8. The van der Waals surface area contributed by atoms with Crippen LogP contribution in [-0.4, -0.2) is 29.4 Å². The molecule has 0 saturated carbocycles. The molecule has 0 atom stereocenters. The number of alkyl halides is 3. The van der Waals surface area contributed by atoms with Crippen LogP contribution in [0, 0.1) is 0 Å². The third kappa shape index (κ3) is 2.03. The molecule has 4 rings (SSSR count). The van der Waals surface area contributed by atoms with Crippen LogP contribution in [0.1, 0.15) is 10.8 Å². The summed E-state index contributed by atoms with van der Waals surface area (Å²) in [6.07, 6.45) is -2.87. The lowest BCUT2D eigenvalue weighted by atomic mass is 10.3. The van der Waals surface area contributed by atoms with E-state index in [2.05, 4.69) is 20.3 Å². The molecule has 6 nitrogen and oxygen atoms in total. The Hall–Kier alpha value is -2.49. The van der Waals surface area contributed by atoms with Crippen molar-refractivity contribution in [3.8, 4) is 0 Å². The number of benzene rings is 1. The molecular formula is C12H7F3N6S. The second-order valence-corrected chi connectivity index (χ2v) is 5.53. The van der Waals surface area contributed by atoms with E-state index in [-0.39, 0.29) is 11.5 Å². The molecule has 10 heteroatoms. The summed E-state index contributed by atoms with van der Waals surface area (Å²) in [7, 11) is 0. The Morgan fingerprint density at radius 3 is 2.77 bits per heavy atom. The molecule has 0 bridgehead atoms. The molecule has 0 saturated heterocycles. The van der Waals surface area contributed by atoms with Crippen LogP contribution in [0.4, 0.5) is 13.2 Å². The molecule has 0 amide bonds. The van der Waals surface area contributed by atoms with E-state index in [1.54, 1.807) is 10.9 Å². The molecule has 0 radical (unpaired) electrons. The highest BCUT2D eigenvalue weighted by Gasteiger charge is 2.36. The predicted molar refractivity (Wildman–Crippen MR) is 72.5 cm³/mol. The number of fused-ring (bicyclic) bond motifs is 2. The van der Waals surface area contributed by atoms with Gasteiger partial charge in [-0.1, -0.05) is 23.5 Å². The van der Waals surface area contributed by atoms with Crippen LogP contribution < -0.4 is 0 Å². The molecule has 3 heterocycles. The third-order valence-electron chi connectivity index (χ3n) is 3.14. The summed E-state index contributed by atoms with van der Waals surface area (Å²) >= 11 is 0.470. The maximum absolute atomic E-state index is 12.7. The van der Waals surface area contributed by atoms with Gasteiger partial charge in [0.05, 0.1) is 23.9 Å². The van der Waals surface area contributed by atoms with Crippen molar-refractivity contribution >= 4 is 27.3 Å². The van der Waals surface area contributed by atoms with Gasteiger partial charge in [0.25, 0.3) is 0 Å². The molecule has 1 aromatic carbocycles. The quantitative estimate of drug-likeness (QED) is 0.569. The lowest BCUT2D eigenvalue weighted by Gasteiger charge is -2.01. The zero-order valence-corrected chi connectivity index (χ0v) is 11.6. The Labute approximate surface area is 124 Å². The van der Waals surface area contributed by atoms with Gasteiger partial charge in [0.15, 0.2) is 5.82 Å². The number of aromatic nitrogens is 6. The van der Waals surface area contributed by atoms with Gasteiger partial charge in [0.1, 0.15) is 0 Å². The molecule has 0 aliphatic rings. The van der Waals surface area contributed by atoms with Crippen molar-refractivity contribution < 1.29 is 13.2 Å². The number of nitrogens with zero attached hydrogens (tertiary/aromatic N) is 6. The average molecular weight is 324 g/mol. The van der Waals surface area contributed by atoms with E-state index in [1.165, 1.54) is 0 Å². The summed E-state index contributed by atoms with van der Waals surface area (Å²) in [6, 6.07) is 7.47. The van der Waals surface area contributed by atoms with Crippen molar-refractivity contribution in [2.24, 2.45) is 0 Å². The Kier molecular flexibility index (Phi) is 2.70. The molecular weight excluding hydrogens is 317 g/mol. The minimum Gasteiger partial charge on any atom is -0.323 e. The predicted octanol–water partition coefficient (Wildman–Crippen LogP) is 2.60.